The highest BCUT2D eigenvalue weighted by molar-refractivity contribution is 7.15. The summed E-state index contributed by atoms with van der Waals surface area (Å²) in [6.07, 6.45) is 4.81. The van der Waals surface area contributed by atoms with Gasteiger partial charge in [0.15, 0.2) is 5.13 Å². The van der Waals surface area contributed by atoms with Gasteiger partial charge >= 0.3 is 0 Å². The zero-order valence-electron chi connectivity index (χ0n) is 10.9. The van der Waals surface area contributed by atoms with Crippen molar-refractivity contribution in [2.75, 3.05) is 18.9 Å². The molecule has 2 heterocycles. The summed E-state index contributed by atoms with van der Waals surface area (Å²) < 4.78 is 0. The third kappa shape index (κ3) is 2.17. The zero-order valence-corrected chi connectivity index (χ0v) is 11.7. The molecule has 98 valence electrons. The molecule has 1 N–H and O–H groups in total. The Hall–Kier alpha value is -0.940. The van der Waals surface area contributed by atoms with Crippen molar-refractivity contribution in [3.8, 4) is 0 Å². The predicted molar refractivity (Wildman–Crippen MR) is 73.0 cm³/mol. The summed E-state index contributed by atoms with van der Waals surface area (Å²) in [4.78, 5) is 19.5. The lowest BCUT2D eigenvalue weighted by Crippen LogP contribution is -2.46. The number of amides is 1. The number of carbonyl (C=O) groups is 1. The maximum absolute atomic E-state index is 11.1. The number of carbonyl (C=O) groups excluding carboxylic acids is 1. The Morgan fingerprint density at radius 1 is 1.50 bits per heavy atom. The lowest BCUT2D eigenvalue weighted by atomic mass is 9.80. The summed E-state index contributed by atoms with van der Waals surface area (Å²) in [7, 11) is 2.23. The summed E-state index contributed by atoms with van der Waals surface area (Å²) in [5.41, 5.74) is 1.22. The van der Waals surface area contributed by atoms with Crippen molar-refractivity contribution in [3.05, 3.63) is 10.6 Å². The van der Waals surface area contributed by atoms with E-state index >= 15 is 0 Å². The molecule has 0 radical (unpaired) electrons. The van der Waals surface area contributed by atoms with Crippen molar-refractivity contribution < 1.29 is 4.79 Å². The Morgan fingerprint density at radius 3 is 3.11 bits per heavy atom. The molecule has 0 spiro atoms. The van der Waals surface area contributed by atoms with Crippen LogP contribution in [0.25, 0.3) is 0 Å². The molecule has 5 heteroatoms. The molecule has 0 saturated carbocycles. The molecule has 1 aromatic rings. The van der Waals surface area contributed by atoms with E-state index in [4.69, 9.17) is 0 Å². The minimum atomic E-state index is -0.0318. The molecule has 4 nitrogen and oxygen atoms in total. The molecule has 2 atom stereocenters. The number of nitrogens with one attached hydrogen (secondary N) is 1. The van der Waals surface area contributed by atoms with Gasteiger partial charge in [0.2, 0.25) is 5.91 Å². The standard InChI is InChI=1S/C13H19N3OS/c1-8(17)14-13-15-10-6-9-4-3-5-16(2)11(9)7-12(10)18-13/h9,11H,3-7H2,1-2H3,(H,14,15,17)/t9-,11-/m1/s1. The highest BCUT2D eigenvalue weighted by atomic mass is 32.1. The van der Waals surface area contributed by atoms with Crippen molar-refractivity contribution in [3.63, 3.8) is 0 Å². The van der Waals surface area contributed by atoms with E-state index in [1.807, 2.05) is 0 Å². The maximum atomic E-state index is 11.1. The second kappa shape index (κ2) is 4.63. The van der Waals surface area contributed by atoms with E-state index in [1.165, 1.54) is 36.9 Å². The van der Waals surface area contributed by atoms with Gasteiger partial charge in [0, 0.05) is 17.8 Å². The first-order valence-corrected chi connectivity index (χ1v) is 7.41. The lowest BCUT2D eigenvalue weighted by molar-refractivity contribution is -0.114. The van der Waals surface area contributed by atoms with E-state index in [9.17, 15) is 4.79 Å². The Kier molecular flexibility index (Phi) is 3.11. The molecule has 1 aliphatic carbocycles. The fourth-order valence-corrected chi connectivity index (χ4v) is 4.31. The summed E-state index contributed by atoms with van der Waals surface area (Å²) in [5, 5.41) is 3.58. The maximum Gasteiger partial charge on any atom is 0.223 e. The first-order valence-electron chi connectivity index (χ1n) is 6.60. The first kappa shape index (κ1) is 12.1. The first-order chi connectivity index (χ1) is 8.63. The van der Waals surface area contributed by atoms with Crippen molar-refractivity contribution in [1.82, 2.24) is 9.88 Å². The van der Waals surface area contributed by atoms with Gasteiger partial charge in [-0.25, -0.2) is 4.98 Å². The van der Waals surface area contributed by atoms with Crippen LogP contribution < -0.4 is 5.32 Å². The van der Waals surface area contributed by atoms with Gasteiger partial charge in [-0.2, -0.15) is 0 Å². The Balaban J connectivity index is 1.83. The zero-order chi connectivity index (χ0) is 12.7. The molecule has 0 aromatic carbocycles. The molecular formula is C13H19N3OS. The van der Waals surface area contributed by atoms with Gasteiger partial charge < -0.3 is 10.2 Å². The molecule has 18 heavy (non-hydrogen) atoms. The number of anilines is 1. The molecule has 1 fully saturated rings. The molecule has 1 amide bonds. The van der Waals surface area contributed by atoms with Crippen LogP contribution in [-0.4, -0.2) is 35.4 Å². The van der Waals surface area contributed by atoms with Gasteiger partial charge in [-0.15, -0.1) is 11.3 Å². The van der Waals surface area contributed by atoms with Gasteiger partial charge in [0.25, 0.3) is 0 Å². The average Bonchev–Trinajstić information content (AvgIpc) is 2.67. The van der Waals surface area contributed by atoms with E-state index in [-0.39, 0.29) is 5.91 Å². The number of fused-ring (bicyclic) bond motifs is 2. The smallest absolute Gasteiger partial charge is 0.223 e. The quantitative estimate of drug-likeness (QED) is 0.843. The second-order valence-electron chi connectivity index (χ2n) is 5.43. The van der Waals surface area contributed by atoms with E-state index in [2.05, 4.69) is 22.2 Å². The number of hydrogen-bond donors (Lipinski definition) is 1. The lowest BCUT2D eigenvalue weighted by Gasteiger charge is -2.41. The topological polar surface area (TPSA) is 45.2 Å². The van der Waals surface area contributed by atoms with Crippen molar-refractivity contribution in [2.24, 2.45) is 5.92 Å². The van der Waals surface area contributed by atoms with Crippen LogP contribution in [0.15, 0.2) is 0 Å². The van der Waals surface area contributed by atoms with Crippen LogP contribution in [0.1, 0.15) is 30.3 Å². The monoisotopic (exact) mass is 265 g/mol. The number of thiazole rings is 1. The van der Waals surface area contributed by atoms with Crippen LogP contribution in [0.2, 0.25) is 0 Å². The number of aromatic nitrogens is 1. The minimum absolute atomic E-state index is 0.0318. The minimum Gasteiger partial charge on any atom is -0.303 e. The van der Waals surface area contributed by atoms with Crippen LogP contribution in [-0.2, 0) is 17.6 Å². The molecular weight excluding hydrogens is 246 g/mol. The Bertz CT molecular complexity index is 471. The normalized spacial score (nSPS) is 27.4. The van der Waals surface area contributed by atoms with E-state index in [1.54, 1.807) is 11.3 Å². The number of rotatable bonds is 1. The average molecular weight is 265 g/mol. The molecule has 1 saturated heterocycles. The molecule has 3 rings (SSSR count). The summed E-state index contributed by atoms with van der Waals surface area (Å²) in [6, 6.07) is 0.678. The third-order valence-corrected chi connectivity index (χ3v) is 5.14. The van der Waals surface area contributed by atoms with E-state index in [0.29, 0.717) is 6.04 Å². The van der Waals surface area contributed by atoms with Crippen LogP contribution in [0.3, 0.4) is 0 Å². The number of hydrogen-bond acceptors (Lipinski definition) is 4. The predicted octanol–water partition coefficient (Wildman–Crippen LogP) is 1.91. The van der Waals surface area contributed by atoms with Crippen molar-refractivity contribution in [1.29, 1.82) is 0 Å². The molecule has 0 unspecified atom stereocenters. The fourth-order valence-electron chi connectivity index (χ4n) is 3.23. The summed E-state index contributed by atoms with van der Waals surface area (Å²) in [5.74, 6) is 0.721. The van der Waals surface area contributed by atoms with Crippen molar-refractivity contribution >= 4 is 22.4 Å². The van der Waals surface area contributed by atoms with Crippen LogP contribution in [0.4, 0.5) is 5.13 Å². The number of likely N-dealkylation sites (N-methyl/N-ethyl adjacent to an activating group) is 1. The fraction of sp³-hybridized carbons (Fsp3) is 0.692. The molecule has 1 aromatic heterocycles. The van der Waals surface area contributed by atoms with Gasteiger partial charge in [0.1, 0.15) is 0 Å². The van der Waals surface area contributed by atoms with Crippen LogP contribution in [0, 0.1) is 5.92 Å². The summed E-state index contributed by atoms with van der Waals surface area (Å²) >= 11 is 1.65. The van der Waals surface area contributed by atoms with Gasteiger partial charge in [-0.05, 0) is 45.2 Å². The van der Waals surface area contributed by atoms with E-state index < -0.39 is 0 Å². The molecule has 2 aliphatic rings. The number of likely N-dealkylation sites (tertiary alicyclic amines) is 1. The molecule has 0 bridgehead atoms. The second-order valence-corrected chi connectivity index (χ2v) is 6.51. The third-order valence-electron chi connectivity index (χ3n) is 4.11. The van der Waals surface area contributed by atoms with Gasteiger partial charge in [-0.3, -0.25) is 4.79 Å². The summed E-state index contributed by atoms with van der Waals surface area (Å²) in [6.45, 7) is 2.75. The Morgan fingerprint density at radius 2 is 2.33 bits per heavy atom. The van der Waals surface area contributed by atoms with Gasteiger partial charge in [-0.1, -0.05) is 0 Å². The highest BCUT2D eigenvalue weighted by Crippen LogP contribution is 2.37. The van der Waals surface area contributed by atoms with Crippen LogP contribution >= 0.6 is 11.3 Å². The SMILES string of the molecule is CC(=O)Nc1nc2c(s1)C[C@@H]1[C@H](CCCN1C)C2. The highest BCUT2D eigenvalue weighted by Gasteiger charge is 2.35. The van der Waals surface area contributed by atoms with E-state index in [0.717, 1.165) is 23.9 Å². The Labute approximate surface area is 111 Å². The number of nitrogens with zero attached hydrogens (tertiary/aromatic N) is 2. The van der Waals surface area contributed by atoms with Crippen LogP contribution in [0.5, 0.6) is 0 Å². The van der Waals surface area contributed by atoms with Crippen molar-refractivity contribution in [2.45, 2.75) is 38.6 Å². The largest absolute Gasteiger partial charge is 0.303 e. The van der Waals surface area contributed by atoms with Gasteiger partial charge in [0.05, 0.1) is 5.69 Å². The molecule has 1 aliphatic heterocycles. The number of piperidine rings is 1.